The van der Waals surface area contributed by atoms with Crippen LogP contribution in [0.5, 0.6) is 0 Å². The Labute approximate surface area is 101 Å². The Morgan fingerprint density at radius 2 is 2.25 bits per heavy atom. The van der Waals surface area contributed by atoms with E-state index in [0.29, 0.717) is 12.5 Å². The summed E-state index contributed by atoms with van der Waals surface area (Å²) in [5.74, 6) is 0.652. The van der Waals surface area contributed by atoms with Crippen LogP contribution in [0.25, 0.3) is 0 Å². The Kier molecular flexibility index (Phi) is 3.34. The molecule has 3 nitrogen and oxygen atoms in total. The van der Waals surface area contributed by atoms with Crippen molar-refractivity contribution in [1.29, 1.82) is 0 Å². The maximum Gasteiger partial charge on any atom is 0.191 e. The highest BCUT2D eigenvalue weighted by Crippen LogP contribution is 2.16. The van der Waals surface area contributed by atoms with Gasteiger partial charge in [-0.2, -0.15) is 0 Å². The van der Waals surface area contributed by atoms with Gasteiger partial charge < -0.3 is 10.6 Å². The van der Waals surface area contributed by atoms with Gasteiger partial charge in [-0.25, -0.2) is 4.99 Å². The topological polar surface area (TPSA) is 41.6 Å². The van der Waals surface area contributed by atoms with Gasteiger partial charge in [0.15, 0.2) is 5.96 Å². The monoisotopic (exact) mass is 237 g/mol. The molecule has 0 bridgehead atoms. The van der Waals surface area contributed by atoms with Crippen LogP contribution in [0.3, 0.4) is 0 Å². The van der Waals surface area contributed by atoms with Gasteiger partial charge in [-0.05, 0) is 30.5 Å². The van der Waals surface area contributed by atoms with Crippen molar-refractivity contribution in [2.75, 3.05) is 13.1 Å². The molecule has 0 spiro atoms. The zero-order valence-electron chi connectivity index (χ0n) is 9.41. The van der Waals surface area contributed by atoms with Crippen LogP contribution in [0.15, 0.2) is 23.2 Å². The average molecular weight is 238 g/mol. The number of nitrogens with two attached hydrogens (primary N) is 1. The summed E-state index contributed by atoms with van der Waals surface area (Å²) in [6, 6.07) is 5.94. The number of halogens is 1. The molecule has 0 amide bonds. The van der Waals surface area contributed by atoms with Crippen molar-refractivity contribution >= 4 is 17.6 Å². The number of aryl methyl sites for hydroxylation is 1. The maximum absolute atomic E-state index is 5.96. The predicted octanol–water partition coefficient (Wildman–Crippen LogP) is 2.17. The van der Waals surface area contributed by atoms with Crippen LogP contribution in [0.4, 0.5) is 0 Å². The van der Waals surface area contributed by atoms with E-state index in [0.717, 1.165) is 29.2 Å². The zero-order chi connectivity index (χ0) is 11.5. The van der Waals surface area contributed by atoms with E-state index in [9.17, 15) is 0 Å². The van der Waals surface area contributed by atoms with Crippen LogP contribution in [-0.2, 0) is 6.54 Å². The summed E-state index contributed by atoms with van der Waals surface area (Å²) >= 11 is 5.96. The Bertz CT molecular complexity index is 411. The maximum atomic E-state index is 5.96. The molecule has 0 unspecified atom stereocenters. The van der Waals surface area contributed by atoms with E-state index in [1.54, 1.807) is 0 Å². The van der Waals surface area contributed by atoms with Gasteiger partial charge >= 0.3 is 0 Å². The van der Waals surface area contributed by atoms with Crippen molar-refractivity contribution in [3.63, 3.8) is 0 Å². The summed E-state index contributed by atoms with van der Waals surface area (Å²) in [7, 11) is 0. The second kappa shape index (κ2) is 4.74. The van der Waals surface area contributed by atoms with Crippen LogP contribution in [0, 0.1) is 6.92 Å². The van der Waals surface area contributed by atoms with Crippen molar-refractivity contribution in [2.24, 2.45) is 10.7 Å². The minimum absolute atomic E-state index is 0.625. The Balaban J connectivity index is 2.00. The number of hydrogen-bond donors (Lipinski definition) is 1. The highest BCUT2D eigenvalue weighted by molar-refractivity contribution is 6.31. The first-order valence-electron chi connectivity index (χ1n) is 5.47. The van der Waals surface area contributed by atoms with Gasteiger partial charge in [-0.3, -0.25) is 0 Å². The fourth-order valence-electron chi connectivity index (χ4n) is 1.62. The van der Waals surface area contributed by atoms with E-state index in [1.807, 2.05) is 19.1 Å². The lowest BCUT2D eigenvalue weighted by molar-refractivity contribution is 0.295. The zero-order valence-corrected chi connectivity index (χ0v) is 10.2. The smallest absolute Gasteiger partial charge is 0.191 e. The highest BCUT2D eigenvalue weighted by atomic mass is 35.5. The predicted molar refractivity (Wildman–Crippen MR) is 67.7 cm³/mol. The van der Waals surface area contributed by atoms with Gasteiger partial charge in [0, 0.05) is 18.1 Å². The van der Waals surface area contributed by atoms with Crippen LogP contribution in [0.1, 0.15) is 17.5 Å². The van der Waals surface area contributed by atoms with Gasteiger partial charge in [-0.1, -0.05) is 23.7 Å². The molecule has 0 aromatic heterocycles. The first-order chi connectivity index (χ1) is 7.66. The molecule has 1 fully saturated rings. The molecular formula is C12H16ClN3. The van der Waals surface area contributed by atoms with Crippen molar-refractivity contribution < 1.29 is 0 Å². The van der Waals surface area contributed by atoms with Crippen molar-refractivity contribution in [1.82, 2.24) is 4.90 Å². The van der Waals surface area contributed by atoms with E-state index >= 15 is 0 Å². The highest BCUT2D eigenvalue weighted by Gasteiger charge is 2.15. The molecule has 1 aliphatic rings. The van der Waals surface area contributed by atoms with E-state index < -0.39 is 0 Å². The summed E-state index contributed by atoms with van der Waals surface area (Å²) in [5, 5.41) is 0.795. The fraction of sp³-hybridized carbons (Fsp3) is 0.417. The largest absolute Gasteiger partial charge is 0.370 e. The van der Waals surface area contributed by atoms with Gasteiger partial charge in [0.2, 0.25) is 0 Å². The number of likely N-dealkylation sites (tertiary alicyclic amines) is 1. The second-order valence-corrected chi connectivity index (χ2v) is 4.51. The molecule has 0 atom stereocenters. The number of benzene rings is 1. The summed E-state index contributed by atoms with van der Waals surface area (Å²) in [4.78, 5) is 6.45. The van der Waals surface area contributed by atoms with E-state index in [1.165, 1.54) is 6.42 Å². The Morgan fingerprint density at radius 3 is 2.81 bits per heavy atom. The Morgan fingerprint density at radius 1 is 1.50 bits per heavy atom. The lowest BCUT2D eigenvalue weighted by atomic mass is 10.1. The molecule has 1 saturated heterocycles. The van der Waals surface area contributed by atoms with Crippen LogP contribution in [-0.4, -0.2) is 23.9 Å². The third-order valence-corrected chi connectivity index (χ3v) is 3.25. The first kappa shape index (κ1) is 11.3. The number of hydrogen-bond acceptors (Lipinski definition) is 1. The van der Waals surface area contributed by atoms with Crippen LogP contribution < -0.4 is 5.73 Å². The molecule has 0 radical (unpaired) electrons. The molecule has 2 rings (SSSR count). The van der Waals surface area contributed by atoms with Gasteiger partial charge in [0.25, 0.3) is 0 Å². The average Bonchev–Trinajstić information content (AvgIpc) is 2.17. The van der Waals surface area contributed by atoms with E-state index in [-0.39, 0.29) is 0 Å². The summed E-state index contributed by atoms with van der Waals surface area (Å²) in [6.45, 7) is 4.69. The SMILES string of the molecule is Cc1cc(CN=C(N)N2CCC2)ccc1Cl. The molecule has 86 valence electrons. The summed E-state index contributed by atoms with van der Waals surface area (Å²) < 4.78 is 0. The molecule has 1 aromatic rings. The minimum Gasteiger partial charge on any atom is -0.370 e. The van der Waals surface area contributed by atoms with Crippen LogP contribution in [0.2, 0.25) is 5.02 Å². The van der Waals surface area contributed by atoms with Crippen molar-refractivity contribution in [3.8, 4) is 0 Å². The summed E-state index contributed by atoms with van der Waals surface area (Å²) in [6.07, 6.45) is 1.22. The van der Waals surface area contributed by atoms with E-state index in [2.05, 4.69) is 16.0 Å². The number of guanidine groups is 1. The lowest BCUT2D eigenvalue weighted by Crippen LogP contribution is -2.46. The molecule has 0 saturated carbocycles. The quantitative estimate of drug-likeness (QED) is 0.633. The molecule has 0 aliphatic carbocycles. The molecular weight excluding hydrogens is 222 g/mol. The number of aliphatic imine (C=N–C) groups is 1. The van der Waals surface area contributed by atoms with Gasteiger partial charge in [0.05, 0.1) is 6.54 Å². The van der Waals surface area contributed by atoms with Crippen molar-refractivity contribution in [2.45, 2.75) is 19.9 Å². The van der Waals surface area contributed by atoms with E-state index in [4.69, 9.17) is 17.3 Å². The molecule has 2 N–H and O–H groups in total. The van der Waals surface area contributed by atoms with Crippen LogP contribution >= 0.6 is 11.6 Å². The molecule has 1 aliphatic heterocycles. The number of nitrogens with zero attached hydrogens (tertiary/aromatic N) is 2. The molecule has 1 heterocycles. The fourth-order valence-corrected chi connectivity index (χ4v) is 1.74. The first-order valence-corrected chi connectivity index (χ1v) is 5.84. The lowest BCUT2D eigenvalue weighted by Gasteiger charge is -2.31. The van der Waals surface area contributed by atoms with Crippen molar-refractivity contribution in [3.05, 3.63) is 34.3 Å². The molecule has 4 heteroatoms. The third-order valence-electron chi connectivity index (χ3n) is 2.83. The second-order valence-electron chi connectivity index (χ2n) is 4.10. The Hall–Kier alpha value is -1.22. The third kappa shape index (κ3) is 2.47. The minimum atomic E-state index is 0.625. The number of rotatable bonds is 2. The molecule has 1 aromatic carbocycles. The standard InChI is InChI=1S/C12H16ClN3/c1-9-7-10(3-4-11(9)13)8-15-12(14)16-5-2-6-16/h3-4,7H,2,5-6,8H2,1H3,(H2,14,15). The van der Waals surface area contributed by atoms with Gasteiger partial charge in [-0.15, -0.1) is 0 Å². The molecule has 16 heavy (non-hydrogen) atoms. The summed E-state index contributed by atoms with van der Waals surface area (Å²) in [5.41, 5.74) is 8.07. The van der Waals surface area contributed by atoms with Gasteiger partial charge in [0.1, 0.15) is 0 Å². The normalized spacial score (nSPS) is 16.1.